The highest BCUT2D eigenvalue weighted by Gasteiger charge is 2.53. The number of aliphatic hydroxyl groups is 11. The summed E-state index contributed by atoms with van der Waals surface area (Å²) in [5.74, 6) is -0.287. The predicted molar refractivity (Wildman–Crippen MR) is 374 cm³/mol. The van der Waals surface area contributed by atoms with E-state index in [0.29, 0.717) is 12.8 Å². The van der Waals surface area contributed by atoms with E-state index in [9.17, 15) is 61.0 Å². The van der Waals surface area contributed by atoms with Crippen LogP contribution in [0.1, 0.15) is 258 Å². The number of carbonyl (C=O) groups excluding carboxylic acids is 1. The number of unbranched alkanes of at least 4 members (excludes halogenated alkanes) is 29. The van der Waals surface area contributed by atoms with Gasteiger partial charge in [0.1, 0.15) is 73.2 Å². The summed E-state index contributed by atoms with van der Waals surface area (Å²) in [6, 6.07) is -0.989. The van der Waals surface area contributed by atoms with Gasteiger partial charge >= 0.3 is 0 Å². The van der Waals surface area contributed by atoms with E-state index >= 15 is 0 Å². The van der Waals surface area contributed by atoms with Gasteiger partial charge in [0.2, 0.25) is 5.91 Å². The van der Waals surface area contributed by atoms with Gasteiger partial charge in [-0.3, -0.25) is 4.79 Å². The molecule has 0 radical (unpaired) electrons. The second-order valence-corrected chi connectivity index (χ2v) is 26.4. The number of ether oxygens (including phenoxy) is 6. The van der Waals surface area contributed by atoms with Gasteiger partial charge in [-0.2, -0.15) is 0 Å². The maximum absolute atomic E-state index is 13.4. The van der Waals surface area contributed by atoms with Crippen molar-refractivity contribution in [3.8, 4) is 0 Å². The fraction of sp³-hybridized carbons (Fsp3) is 0.803. The summed E-state index contributed by atoms with van der Waals surface area (Å²) in [6.07, 6.45) is 47.8. The van der Waals surface area contributed by atoms with E-state index in [1.54, 1.807) is 6.08 Å². The number of amides is 1. The molecule has 12 N–H and O–H groups in total. The molecule has 19 nitrogen and oxygen atoms in total. The Morgan fingerprint density at radius 1 is 0.389 bits per heavy atom. The van der Waals surface area contributed by atoms with Gasteiger partial charge in [-0.1, -0.05) is 259 Å². The topological polar surface area (TPSA) is 307 Å². The zero-order valence-corrected chi connectivity index (χ0v) is 58.4. The molecule has 0 aromatic heterocycles. The third-order valence-electron chi connectivity index (χ3n) is 18.2. The number of aliphatic hydroxyl groups excluding tert-OH is 11. The maximum atomic E-state index is 13.4. The molecule has 3 heterocycles. The largest absolute Gasteiger partial charge is 0.394 e. The summed E-state index contributed by atoms with van der Waals surface area (Å²) in [4.78, 5) is 13.4. The van der Waals surface area contributed by atoms with Crippen LogP contribution in [0.4, 0.5) is 0 Å². The van der Waals surface area contributed by atoms with Gasteiger partial charge in [0.25, 0.3) is 0 Å². The van der Waals surface area contributed by atoms with Crippen LogP contribution in [0.5, 0.6) is 0 Å². The minimum atomic E-state index is -1.98. The third kappa shape index (κ3) is 37.8. The van der Waals surface area contributed by atoms with E-state index in [-0.39, 0.29) is 18.9 Å². The molecule has 3 fully saturated rings. The maximum Gasteiger partial charge on any atom is 0.220 e. The first-order chi connectivity index (χ1) is 46.3. The van der Waals surface area contributed by atoms with Crippen molar-refractivity contribution in [3.05, 3.63) is 85.1 Å². The van der Waals surface area contributed by atoms with E-state index in [0.717, 1.165) is 77.0 Å². The van der Waals surface area contributed by atoms with Crippen LogP contribution < -0.4 is 5.32 Å². The first-order valence-corrected chi connectivity index (χ1v) is 37.3. The Morgan fingerprint density at radius 3 is 1.18 bits per heavy atom. The first-order valence-electron chi connectivity index (χ1n) is 37.3. The Balaban J connectivity index is 1.24. The van der Waals surface area contributed by atoms with E-state index in [4.69, 9.17) is 28.4 Å². The lowest BCUT2D eigenvalue weighted by Crippen LogP contribution is -2.66. The van der Waals surface area contributed by atoms with Crippen molar-refractivity contribution >= 4 is 5.91 Å². The standard InChI is InChI=1S/C76H133NO18/c1-3-5-7-9-11-13-14-15-16-17-18-19-20-21-22-23-24-25-26-27-28-29-30-31-32-33-34-35-36-37-38-39-40-41-42-43-44-46-48-50-52-54-64(82)77-59(60(81)53-51-49-47-45-12-10-8-6-4-2)58-90-74-70(88)67(85)72(62(56-79)92-74)95-76-71(89)68(86)73(63(57-80)93-76)94-75-69(87)66(84)65(83)61(55-78)91-75/h5,7,11-13,15-16,18-19,21-22,45,51,53,59-63,65-76,78-81,83-89H,3-4,6,8-10,14,17,20,23-44,46-50,52,54-58H2,1-2H3,(H,77,82)/b7-5-,13-11-,16-15-,19-18-,22-21-,45-12+,53-51+. The smallest absolute Gasteiger partial charge is 0.220 e. The Hall–Kier alpha value is -3.03. The number of hydrogen-bond donors (Lipinski definition) is 12. The number of rotatable bonds is 57. The fourth-order valence-corrected chi connectivity index (χ4v) is 12.2. The molecule has 0 aromatic carbocycles. The van der Waals surface area contributed by atoms with E-state index in [2.05, 4.69) is 92.1 Å². The lowest BCUT2D eigenvalue weighted by atomic mass is 9.96. The van der Waals surface area contributed by atoms with Gasteiger partial charge in [0.05, 0.1) is 38.6 Å². The molecule has 0 saturated carbocycles. The zero-order chi connectivity index (χ0) is 68.9. The molecule has 0 aliphatic carbocycles. The highest BCUT2D eigenvalue weighted by molar-refractivity contribution is 5.76. The van der Waals surface area contributed by atoms with Crippen molar-refractivity contribution < 1.29 is 89.4 Å². The molecule has 0 bridgehead atoms. The average Bonchev–Trinajstić information content (AvgIpc) is 0.797. The molecular formula is C76H133NO18. The Bertz CT molecular complexity index is 2050. The van der Waals surface area contributed by atoms with Crippen molar-refractivity contribution in [3.63, 3.8) is 0 Å². The lowest BCUT2D eigenvalue weighted by Gasteiger charge is -2.48. The monoisotopic (exact) mass is 1350 g/mol. The Morgan fingerprint density at radius 2 is 0.737 bits per heavy atom. The molecule has 3 rings (SSSR count). The second-order valence-electron chi connectivity index (χ2n) is 26.4. The second kappa shape index (κ2) is 56.7. The molecule has 17 unspecified atom stereocenters. The third-order valence-corrected chi connectivity index (χ3v) is 18.2. The molecule has 3 aliphatic rings. The quantitative estimate of drug-likeness (QED) is 0.0199. The van der Waals surface area contributed by atoms with Crippen LogP contribution in [0.15, 0.2) is 85.1 Å². The normalized spacial score (nSPS) is 27.7. The van der Waals surface area contributed by atoms with Crippen LogP contribution in [0.25, 0.3) is 0 Å². The number of allylic oxidation sites excluding steroid dienone is 13. The van der Waals surface area contributed by atoms with Crippen LogP contribution in [-0.2, 0) is 33.2 Å². The van der Waals surface area contributed by atoms with Gasteiger partial charge in [-0.05, 0) is 77.0 Å². The summed E-state index contributed by atoms with van der Waals surface area (Å²) in [5.41, 5.74) is 0. The molecular weight excluding hydrogens is 1210 g/mol. The van der Waals surface area contributed by atoms with E-state index < -0.39 is 124 Å². The van der Waals surface area contributed by atoms with Crippen molar-refractivity contribution in [2.24, 2.45) is 0 Å². The Labute approximate surface area is 571 Å². The summed E-state index contributed by atoms with van der Waals surface area (Å²) in [5, 5.41) is 120. The number of nitrogens with one attached hydrogen (secondary N) is 1. The van der Waals surface area contributed by atoms with Crippen molar-refractivity contribution in [1.82, 2.24) is 5.32 Å². The summed E-state index contributed by atoms with van der Waals surface area (Å²) in [7, 11) is 0. The fourth-order valence-electron chi connectivity index (χ4n) is 12.2. The lowest BCUT2D eigenvalue weighted by molar-refractivity contribution is -0.379. The molecule has 3 aliphatic heterocycles. The Kier molecular flexibility index (Phi) is 51.4. The van der Waals surface area contributed by atoms with Gasteiger partial charge in [-0.25, -0.2) is 0 Å². The van der Waals surface area contributed by atoms with Crippen LogP contribution in [0.3, 0.4) is 0 Å². The minimum absolute atomic E-state index is 0.236. The van der Waals surface area contributed by atoms with Crippen molar-refractivity contribution in [2.75, 3.05) is 26.4 Å². The van der Waals surface area contributed by atoms with Gasteiger partial charge in [0.15, 0.2) is 18.9 Å². The average molecular weight is 1350 g/mol. The highest BCUT2D eigenvalue weighted by Crippen LogP contribution is 2.33. The summed E-state index contributed by atoms with van der Waals surface area (Å²) >= 11 is 0. The van der Waals surface area contributed by atoms with Gasteiger partial charge < -0.3 is 89.9 Å². The van der Waals surface area contributed by atoms with Gasteiger partial charge in [-0.15, -0.1) is 0 Å². The molecule has 95 heavy (non-hydrogen) atoms. The molecule has 0 aromatic rings. The summed E-state index contributed by atoms with van der Waals surface area (Å²) < 4.78 is 34.2. The molecule has 550 valence electrons. The minimum Gasteiger partial charge on any atom is -0.394 e. The highest BCUT2D eigenvalue weighted by atomic mass is 16.8. The zero-order valence-electron chi connectivity index (χ0n) is 58.4. The molecule has 17 atom stereocenters. The van der Waals surface area contributed by atoms with Crippen LogP contribution in [0, 0.1) is 0 Å². The van der Waals surface area contributed by atoms with Crippen LogP contribution >= 0.6 is 0 Å². The molecule has 3 saturated heterocycles. The van der Waals surface area contributed by atoms with Crippen molar-refractivity contribution in [1.29, 1.82) is 0 Å². The number of carbonyl (C=O) groups is 1. The molecule has 19 heteroatoms. The molecule has 0 spiro atoms. The van der Waals surface area contributed by atoms with Crippen LogP contribution in [-0.4, -0.2) is 193 Å². The molecule has 1 amide bonds. The predicted octanol–water partition coefficient (Wildman–Crippen LogP) is 11.1. The van der Waals surface area contributed by atoms with Crippen molar-refractivity contribution in [2.45, 2.75) is 362 Å². The summed E-state index contributed by atoms with van der Waals surface area (Å²) in [6.45, 7) is 1.53. The van der Waals surface area contributed by atoms with E-state index in [1.807, 2.05) is 6.08 Å². The van der Waals surface area contributed by atoms with E-state index in [1.165, 1.54) is 148 Å². The first kappa shape index (κ1) is 86.2. The van der Waals surface area contributed by atoms with Gasteiger partial charge in [0, 0.05) is 6.42 Å². The SMILES string of the molecule is CC/C=C\C/C=C\C/C=C\C/C=C\C/C=C\CCCCCCCCCCCCCCCCCCCCCCCCCCCC(=O)NC(COC1OC(CO)C(OC2OC(CO)C(OC3OC(CO)C(O)C(O)C3O)C(O)C2O)C(O)C1O)C(O)/C=C/CC/C=C/CCCCC. The number of hydrogen-bond acceptors (Lipinski definition) is 18. The van der Waals surface area contributed by atoms with Crippen LogP contribution in [0.2, 0.25) is 0 Å².